The van der Waals surface area contributed by atoms with E-state index >= 15 is 0 Å². The lowest BCUT2D eigenvalue weighted by atomic mass is 10.2. The van der Waals surface area contributed by atoms with E-state index in [1.165, 1.54) is 19.2 Å². The first-order valence-electron chi connectivity index (χ1n) is 6.30. The maximum Gasteiger partial charge on any atom is 0.323 e. The van der Waals surface area contributed by atoms with Crippen molar-refractivity contribution in [3.05, 3.63) is 28.7 Å². The zero-order valence-electron chi connectivity index (χ0n) is 11.7. The van der Waals surface area contributed by atoms with Crippen molar-refractivity contribution in [2.24, 2.45) is 0 Å². The van der Waals surface area contributed by atoms with Crippen LogP contribution in [0.5, 0.6) is 0 Å². The largest absolute Gasteiger partial charge is 0.468 e. The lowest BCUT2D eigenvalue weighted by Gasteiger charge is -2.15. The molecule has 2 rings (SSSR count). The fraction of sp³-hybridized carbons (Fsp3) is 0.462. The van der Waals surface area contributed by atoms with Gasteiger partial charge in [0.25, 0.3) is 10.1 Å². The molecule has 0 aromatic heterocycles. The van der Waals surface area contributed by atoms with E-state index in [1.807, 2.05) is 0 Å². The molecular weight excluding hydrogens is 362 g/mol. The van der Waals surface area contributed by atoms with Crippen LogP contribution in [-0.2, 0) is 23.8 Å². The van der Waals surface area contributed by atoms with Gasteiger partial charge in [-0.05, 0) is 31.3 Å². The smallest absolute Gasteiger partial charge is 0.323 e. The van der Waals surface area contributed by atoms with Crippen molar-refractivity contribution in [2.45, 2.75) is 23.5 Å². The highest BCUT2D eigenvalue weighted by atomic mass is 79.9. The third kappa shape index (κ3) is 3.82. The van der Waals surface area contributed by atoms with Crippen molar-refractivity contribution in [2.75, 3.05) is 20.7 Å². The Kier molecular flexibility index (Phi) is 5.03. The molecule has 6 nitrogen and oxygen atoms in total. The first-order chi connectivity index (χ1) is 9.83. The molecule has 0 aliphatic carbocycles. The molecule has 8 heteroatoms. The second-order valence-electron chi connectivity index (χ2n) is 4.84. The predicted octanol–water partition coefficient (Wildman–Crippen LogP) is 1.40. The van der Waals surface area contributed by atoms with Crippen LogP contribution in [0.1, 0.15) is 6.42 Å². The van der Waals surface area contributed by atoms with Crippen molar-refractivity contribution < 1.29 is 22.1 Å². The van der Waals surface area contributed by atoms with Crippen LogP contribution in [0.2, 0.25) is 0 Å². The molecular formula is C13H16BrNO5S. The number of likely N-dealkylation sites (N-methyl/N-ethyl adjacent to an activating group) is 1. The van der Waals surface area contributed by atoms with Crippen LogP contribution < -0.4 is 0 Å². The summed E-state index contributed by atoms with van der Waals surface area (Å²) in [7, 11) is -0.798. The number of rotatable bonds is 4. The molecule has 0 bridgehead atoms. The summed E-state index contributed by atoms with van der Waals surface area (Å²) in [4.78, 5) is 13.4. The van der Waals surface area contributed by atoms with Crippen LogP contribution >= 0.6 is 15.9 Å². The second-order valence-corrected chi connectivity index (χ2v) is 7.33. The van der Waals surface area contributed by atoms with Gasteiger partial charge in [-0.25, -0.2) is 0 Å². The number of hydrogen-bond acceptors (Lipinski definition) is 6. The third-order valence-electron chi connectivity index (χ3n) is 3.35. The molecule has 1 fully saturated rings. The van der Waals surface area contributed by atoms with E-state index in [9.17, 15) is 13.2 Å². The molecule has 21 heavy (non-hydrogen) atoms. The van der Waals surface area contributed by atoms with Gasteiger partial charge in [-0.1, -0.05) is 15.9 Å². The molecule has 2 atom stereocenters. The van der Waals surface area contributed by atoms with Crippen LogP contribution in [0.15, 0.2) is 33.6 Å². The van der Waals surface area contributed by atoms with Gasteiger partial charge in [0.15, 0.2) is 0 Å². The minimum absolute atomic E-state index is 0.0925. The summed E-state index contributed by atoms with van der Waals surface area (Å²) >= 11 is 3.25. The lowest BCUT2D eigenvalue weighted by molar-refractivity contribution is -0.145. The van der Waals surface area contributed by atoms with Gasteiger partial charge in [-0.15, -0.1) is 0 Å². The van der Waals surface area contributed by atoms with E-state index in [1.54, 1.807) is 24.1 Å². The first kappa shape index (κ1) is 16.4. The molecule has 0 unspecified atom stereocenters. The normalized spacial score (nSPS) is 23.2. The van der Waals surface area contributed by atoms with Gasteiger partial charge in [-0.2, -0.15) is 8.42 Å². The summed E-state index contributed by atoms with van der Waals surface area (Å²) in [5, 5.41) is 0. The van der Waals surface area contributed by atoms with Gasteiger partial charge in [0.1, 0.15) is 6.04 Å². The first-order valence-corrected chi connectivity index (χ1v) is 8.50. The van der Waals surface area contributed by atoms with Crippen molar-refractivity contribution in [1.29, 1.82) is 0 Å². The predicted molar refractivity (Wildman–Crippen MR) is 79.3 cm³/mol. The van der Waals surface area contributed by atoms with E-state index in [0.717, 1.165) is 4.47 Å². The topological polar surface area (TPSA) is 72.9 Å². The minimum atomic E-state index is -3.84. The van der Waals surface area contributed by atoms with Crippen molar-refractivity contribution >= 4 is 32.0 Å². The Balaban J connectivity index is 2.08. The zero-order chi connectivity index (χ0) is 15.6. The SMILES string of the molecule is COC(=O)[C@@H]1C[C@H](OS(=O)(=O)c2ccc(Br)cc2)CN1C. The van der Waals surface area contributed by atoms with Gasteiger partial charge in [0.2, 0.25) is 0 Å². The quantitative estimate of drug-likeness (QED) is 0.583. The van der Waals surface area contributed by atoms with Crippen LogP contribution in [0.3, 0.4) is 0 Å². The number of halogens is 1. The Morgan fingerprint density at radius 2 is 1.95 bits per heavy atom. The van der Waals surface area contributed by atoms with Crippen molar-refractivity contribution in [3.8, 4) is 0 Å². The zero-order valence-corrected chi connectivity index (χ0v) is 14.1. The monoisotopic (exact) mass is 377 g/mol. The molecule has 116 valence electrons. The molecule has 0 saturated carbocycles. The molecule has 1 aliphatic heterocycles. The standard InChI is InChI=1S/C13H16BrNO5S/c1-15-8-10(7-12(15)13(16)19-2)20-21(17,18)11-5-3-9(14)4-6-11/h3-6,10,12H,7-8H2,1-2H3/t10-,12-/m0/s1. The number of hydrogen-bond donors (Lipinski definition) is 0. The minimum Gasteiger partial charge on any atom is -0.468 e. The fourth-order valence-electron chi connectivity index (χ4n) is 2.27. The van der Waals surface area contributed by atoms with Gasteiger partial charge in [-0.3, -0.25) is 13.9 Å². The van der Waals surface area contributed by atoms with Crippen molar-refractivity contribution in [3.63, 3.8) is 0 Å². The molecule has 0 N–H and O–H groups in total. The second kappa shape index (κ2) is 6.43. The summed E-state index contributed by atoms with van der Waals surface area (Å²) in [6.45, 7) is 0.357. The Bertz CT molecular complexity index is 616. The van der Waals surface area contributed by atoms with Gasteiger partial charge in [0, 0.05) is 17.4 Å². The van der Waals surface area contributed by atoms with Gasteiger partial charge >= 0.3 is 5.97 Å². The number of ether oxygens (including phenoxy) is 1. The number of nitrogens with zero attached hydrogens (tertiary/aromatic N) is 1. The van der Waals surface area contributed by atoms with E-state index in [2.05, 4.69) is 20.7 Å². The molecule has 0 amide bonds. The van der Waals surface area contributed by atoms with E-state index < -0.39 is 22.3 Å². The molecule has 1 aliphatic rings. The molecule has 1 heterocycles. The van der Waals surface area contributed by atoms with Crippen LogP contribution in [0, 0.1) is 0 Å². The lowest BCUT2D eigenvalue weighted by Crippen LogP contribution is -2.33. The van der Waals surface area contributed by atoms with Crippen molar-refractivity contribution in [1.82, 2.24) is 4.90 Å². The van der Waals surface area contributed by atoms with Crippen LogP contribution in [-0.4, -0.2) is 52.1 Å². The maximum atomic E-state index is 12.2. The molecule has 0 radical (unpaired) electrons. The highest BCUT2D eigenvalue weighted by Crippen LogP contribution is 2.24. The maximum absolute atomic E-state index is 12.2. The Labute approximate surface area is 132 Å². The number of methoxy groups -OCH3 is 1. The number of carbonyl (C=O) groups excluding carboxylic acids is 1. The number of likely N-dealkylation sites (tertiary alicyclic amines) is 1. The Morgan fingerprint density at radius 3 is 2.52 bits per heavy atom. The number of carbonyl (C=O) groups is 1. The number of benzene rings is 1. The van der Waals surface area contributed by atoms with E-state index in [-0.39, 0.29) is 10.9 Å². The average molecular weight is 378 g/mol. The molecule has 1 aromatic rings. The number of esters is 1. The summed E-state index contributed by atoms with van der Waals surface area (Å²) in [5.41, 5.74) is 0. The highest BCUT2D eigenvalue weighted by molar-refractivity contribution is 9.10. The summed E-state index contributed by atoms with van der Waals surface area (Å²) in [5.74, 6) is -0.385. The van der Waals surface area contributed by atoms with E-state index in [4.69, 9.17) is 4.18 Å². The fourth-order valence-corrected chi connectivity index (χ4v) is 3.61. The molecule has 1 saturated heterocycles. The van der Waals surface area contributed by atoms with Crippen LogP contribution in [0.4, 0.5) is 0 Å². The molecule has 0 spiro atoms. The Hall–Kier alpha value is -0.960. The summed E-state index contributed by atoms with van der Waals surface area (Å²) < 4.78 is 35.1. The third-order valence-corrected chi connectivity index (χ3v) is 5.25. The van der Waals surface area contributed by atoms with Gasteiger partial charge in [0.05, 0.1) is 18.1 Å². The van der Waals surface area contributed by atoms with Gasteiger partial charge < -0.3 is 4.74 Å². The highest BCUT2D eigenvalue weighted by Gasteiger charge is 2.38. The average Bonchev–Trinajstić information content (AvgIpc) is 2.78. The van der Waals surface area contributed by atoms with E-state index in [0.29, 0.717) is 13.0 Å². The Morgan fingerprint density at radius 1 is 1.33 bits per heavy atom. The summed E-state index contributed by atoms with van der Waals surface area (Å²) in [6.07, 6.45) is -0.272. The van der Waals surface area contributed by atoms with Crippen LogP contribution in [0.25, 0.3) is 0 Å². The molecule has 1 aromatic carbocycles. The summed E-state index contributed by atoms with van der Waals surface area (Å²) in [6, 6.07) is 5.73.